The van der Waals surface area contributed by atoms with Crippen LogP contribution in [0.15, 0.2) is 57.7 Å². The number of phenolic OH excluding ortho intramolecular Hbond substituents is 1. The van der Waals surface area contributed by atoms with E-state index in [1.807, 2.05) is 12.1 Å². The summed E-state index contributed by atoms with van der Waals surface area (Å²) >= 11 is 0. The smallest absolute Gasteiger partial charge is 0.255 e. The number of para-hydroxylation sites is 2. The van der Waals surface area contributed by atoms with Crippen LogP contribution in [0, 0.1) is 6.92 Å². The number of rotatable bonds is 7. The maximum absolute atomic E-state index is 12.6. The summed E-state index contributed by atoms with van der Waals surface area (Å²) in [6, 6.07) is 13.8. The van der Waals surface area contributed by atoms with E-state index in [9.17, 15) is 14.7 Å². The Hall–Kier alpha value is -3.32. The Bertz CT molecular complexity index is 1150. The maximum Gasteiger partial charge on any atom is 0.255 e. The van der Waals surface area contributed by atoms with Crippen molar-refractivity contribution in [2.24, 2.45) is 0 Å². The van der Waals surface area contributed by atoms with E-state index in [4.69, 9.17) is 9.15 Å². The van der Waals surface area contributed by atoms with Gasteiger partial charge in [0.1, 0.15) is 17.1 Å². The lowest BCUT2D eigenvalue weighted by atomic mass is 10.0. The first-order valence-corrected chi connectivity index (χ1v) is 11.0. The van der Waals surface area contributed by atoms with Gasteiger partial charge in [-0.3, -0.25) is 9.59 Å². The lowest BCUT2D eigenvalue weighted by Gasteiger charge is -2.32. The molecule has 2 heterocycles. The number of hydrogen-bond donors (Lipinski definition) is 2. The molecule has 0 spiro atoms. The molecule has 3 aromatic rings. The van der Waals surface area contributed by atoms with Crippen molar-refractivity contribution in [2.45, 2.75) is 32.2 Å². The highest BCUT2D eigenvalue weighted by Crippen LogP contribution is 2.20. The molecule has 1 amide bonds. The first-order valence-electron chi connectivity index (χ1n) is 11.0. The second kappa shape index (κ2) is 9.87. The van der Waals surface area contributed by atoms with Crippen molar-refractivity contribution in [1.82, 2.24) is 10.2 Å². The van der Waals surface area contributed by atoms with E-state index in [-0.39, 0.29) is 28.9 Å². The van der Waals surface area contributed by atoms with E-state index in [0.29, 0.717) is 28.9 Å². The van der Waals surface area contributed by atoms with Gasteiger partial charge >= 0.3 is 0 Å². The molecule has 2 aromatic carbocycles. The fraction of sp³-hybridized carbons (Fsp3) is 0.360. The molecule has 32 heavy (non-hydrogen) atoms. The first kappa shape index (κ1) is 21.9. The lowest BCUT2D eigenvalue weighted by molar-refractivity contribution is 0.0907. The predicted octanol–water partition coefficient (Wildman–Crippen LogP) is 3.47. The molecule has 168 valence electrons. The number of hydrogen-bond acceptors (Lipinski definition) is 6. The molecule has 1 fully saturated rings. The van der Waals surface area contributed by atoms with Gasteiger partial charge in [0.2, 0.25) is 11.2 Å². The second-order valence-corrected chi connectivity index (χ2v) is 8.12. The summed E-state index contributed by atoms with van der Waals surface area (Å²) in [5.74, 6) is 0.543. The molecule has 1 aliphatic rings. The molecule has 0 radical (unpaired) electrons. The van der Waals surface area contributed by atoms with E-state index in [2.05, 4.69) is 10.2 Å². The van der Waals surface area contributed by atoms with Gasteiger partial charge in [0.15, 0.2) is 0 Å². The highest BCUT2D eigenvalue weighted by Gasteiger charge is 2.22. The van der Waals surface area contributed by atoms with E-state index in [1.165, 1.54) is 6.07 Å². The fourth-order valence-electron chi connectivity index (χ4n) is 4.10. The number of nitrogens with one attached hydrogen (secondary N) is 1. The van der Waals surface area contributed by atoms with Gasteiger partial charge in [-0.2, -0.15) is 0 Å². The standard InChI is InChI=1S/C25H28N2O5/c1-17-24(23(29)20-8-3-5-10-22(20)32-17)31-16-6-13-27-14-11-18(12-15-27)26-25(30)19-7-2-4-9-21(19)28/h2-5,7-10,18,28H,6,11-16H2,1H3,(H,26,30). The highest BCUT2D eigenvalue weighted by molar-refractivity contribution is 5.96. The molecular weight excluding hydrogens is 408 g/mol. The largest absolute Gasteiger partial charge is 0.507 e. The van der Waals surface area contributed by atoms with E-state index in [1.54, 1.807) is 37.3 Å². The normalized spacial score (nSPS) is 15.0. The van der Waals surface area contributed by atoms with Gasteiger partial charge in [-0.15, -0.1) is 0 Å². The van der Waals surface area contributed by atoms with Gasteiger partial charge in [-0.1, -0.05) is 24.3 Å². The quantitative estimate of drug-likeness (QED) is 0.551. The van der Waals surface area contributed by atoms with Gasteiger partial charge in [0.25, 0.3) is 5.91 Å². The van der Waals surface area contributed by atoms with Crippen molar-refractivity contribution < 1.29 is 19.1 Å². The number of fused-ring (bicyclic) bond motifs is 1. The predicted molar refractivity (Wildman–Crippen MR) is 122 cm³/mol. The number of aryl methyl sites for hydroxylation is 1. The van der Waals surface area contributed by atoms with Crippen LogP contribution in [0.1, 0.15) is 35.4 Å². The molecule has 1 saturated heterocycles. The molecular formula is C25H28N2O5. The zero-order valence-electron chi connectivity index (χ0n) is 18.2. The fourth-order valence-corrected chi connectivity index (χ4v) is 4.10. The van der Waals surface area contributed by atoms with Crippen molar-refractivity contribution in [3.63, 3.8) is 0 Å². The Morgan fingerprint density at radius 2 is 1.88 bits per heavy atom. The van der Waals surface area contributed by atoms with Crippen LogP contribution in [0.2, 0.25) is 0 Å². The zero-order chi connectivity index (χ0) is 22.5. The number of nitrogens with zero attached hydrogens (tertiary/aromatic N) is 1. The van der Waals surface area contributed by atoms with Gasteiger partial charge in [0.05, 0.1) is 17.6 Å². The highest BCUT2D eigenvalue weighted by atomic mass is 16.5. The van der Waals surface area contributed by atoms with Crippen LogP contribution in [-0.2, 0) is 0 Å². The number of likely N-dealkylation sites (tertiary alicyclic amines) is 1. The lowest BCUT2D eigenvalue weighted by Crippen LogP contribution is -2.45. The molecule has 0 saturated carbocycles. The Labute approximate surface area is 186 Å². The Balaban J connectivity index is 1.22. The molecule has 1 aromatic heterocycles. The molecule has 2 N–H and O–H groups in total. The van der Waals surface area contributed by atoms with E-state index < -0.39 is 0 Å². The minimum Gasteiger partial charge on any atom is -0.507 e. The summed E-state index contributed by atoms with van der Waals surface area (Å²) in [4.78, 5) is 27.3. The second-order valence-electron chi connectivity index (χ2n) is 8.12. The number of carbonyl (C=O) groups excluding carboxylic acids is 1. The van der Waals surface area contributed by atoms with Crippen LogP contribution < -0.4 is 15.5 Å². The number of amides is 1. The molecule has 0 unspecified atom stereocenters. The van der Waals surface area contributed by atoms with Gasteiger partial charge in [-0.05, 0) is 50.5 Å². The zero-order valence-corrected chi connectivity index (χ0v) is 18.2. The van der Waals surface area contributed by atoms with Crippen LogP contribution in [0.25, 0.3) is 11.0 Å². The number of ether oxygens (including phenoxy) is 1. The third kappa shape index (κ3) is 4.94. The van der Waals surface area contributed by atoms with Crippen LogP contribution in [0.3, 0.4) is 0 Å². The van der Waals surface area contributed by atoms with Gasteiger partial charge in [0, 0.05) is 25.7 Å². The molecule has 0 atom stereocenters. The van der Waals surface area contributed by atoms with Crippen molar-refractivity contribution in [2.75, 3.05) is 26.2 Å². The van der Waals surface area contributed by atoms with Crippen LogP contribution in [0.4, 0.5) is 0 Å². The topological polar surface area (TPSA) is 92.0 Å². The average molecular weight is 437 g/mol. The SMILES string of the molecule is Cc1oc2ccccc2c(=O)c1OCCCN1CCC(NC(=O)c2ccccc2O)CC1. The van der Waals surface area contributed by atoms with Gasteiger partial charge in [-0.25, -0.2) is 0 Å². The third-order valence-corrected chi connectivity index (χ3v) is 5.86. The van der Waals surface area contributed by atoms with Crippen molar-refractivity contribution in [3.05, 3.63) is 70.1 Å². The Kier molecular flexibility index (Phi) is 6.75. The monoisotopic (exact) mass is 436 g/mol. The number of phenols is 1. The number of aromatic hydroxyl groups is 1. The number of benzene rings is 2. The van der Waals surface area contributed by atoms with E-state index >= 15 is 0 Å². The first-order chi connectivity index (χ1) is 15.5. The minimum absolute atomic E-state index is 0.00174. The summed E-state index contributed by atoms with van der Waals surface area (Å²) in [7, 11) is 0. The minimum atomic E-state index is -0.237. The van der Waals surface area contributed by atoms with Crippen molar-refractivity contribution in [3.8, 4) is 11.5 Å². The summed E-state index contributed by atoms with van der Waals surface area (Å²) in [6.07, 6.45) is 2.50. The summed E-state index contributed by atoms with van der Waals surface area (Å²) in [6.45, 7) is 4.80. The van der Waals surface area contributed by atoms with Crippen LogP contribution in [0.5, 0.6) is 11.5 Å². The third-order valence-electron chi connectivity index (χ3n) is 5.86. The van der Waals surface area contributed by atoms with Crippen LogP contribution in [-0.4, -0.2) is 48.2 Å². The van der Waals surface area contributed by atoms with Crippen molar-refractivity contribution in [1.29, 1.82) is 0 Å². The van der Waals surface area contributed by atoms with Crippen molar-refractivity contribution >= 4 is 16.9 Å². The Morgan fingerprint density at radius 3 is 2.66 bits per heavy atom. The average Bonchev–Trinajstić information content (AvgIpc) is 2.80. The number of carbonyl (C=O) groups is 1. The molecule has 7 heteroatoms. The Morgan fingerprint density at radius 1 is 1.16 bits per heavy atom. The summed E-state index contributed by atoms with van der Waals surface area (Å²) in [5, 5.41) is 13.4. The van der Waals surface area contributed by atoms with Crippen LogP contribution >= 0.6 is 0 Å². The maximum atomic E-state index is 12.6. The van der Waals surface area contributed by atoms with E-state index in [0.717, 1.165) is 38.9 Å². The molecule has 0 bridgehead atoms. The molecule has 7 nitrogen and oxygen atoms in total. The summed E-state index contributed by atoms with van der Waals surface area (Å²) < 4.78 is 11.5. The molecule has 4 rings (SSSR count). The summed E-state index contributed by atoms with van der Waals surface area (Å²) in [5.41, 5.74) is 0.741. The molecule has 1 aliphatic heterocycles. The number of piperidine rings is 1. The van der Waals surface area contributed by atoms with Gasteiger partial charge < -0.3 is 24.5 Å². The molecule has 0 aliphatic carbocycles.